The first-order chi connectivity index (χ1) is 9.13. The Bertz CT molecular complexity index is 409. The highest BCUT2D eigenvalue weighted by atomic mass is 19.1. The Kier molecular flexibility index (Phi) is 4.94. The predicted molar refractivity (Wildman–Crippen MR) is 75.3 cm³/mol. The Hall–Kier alpha value is -0.930. The van der Waals surface area contributed by atoms with Gasteiger partial charge in [0.15, 0.2) is 0 Å². The molecule has 1 aliphatic rings. The maximum Gasteiger partial charge on any atom is 0.129 e. The van der Waals surface area contributed by atoms with Gasteiger partial charge in [0.2, 0.25) is 0 Å². The van der Waals surface area contributed by atoms with Crippen LogP contribution in [0, 0.1) is 17.7 Å². The van der Waals surface area contributed by atoms with Gasteiger partial charge in [-0.1, -0.05) is 38.5 Å². The molecule has 0 aromatic heterocycles. The van der Waals surface area contributed by atoms with Crippen molar-refractivity contribution in [1.82, 2.24) is 5.32 Å². The zero-order valence-electron chi connectivity index (χ0n) is 11.8. The molecule has 106 valence electrons. The molecule has 1 saturated heterocycles. The summed E-state index contributed by atoms with van der Waals surface area (Å²) in [5.74, 6) is 0.428. The first-order valence-corrected chi connectivity index (χ1v) is 7.29. The van der Waals surface area contributed by atoms with E-state index in [-0.39, 0.29) is 17.8 Å². The fourth-order valence-electron chi connectivity index (χ4n) is 3.02. The van der Waals surface area contributed by atoms with Crippen molar-refractivity contribution in [3.05, 3.63) is 35.6 Å². The third-order valence-corrected chi connectivity index (χ3v) is 4.48. The number of rotatable bonds is 4. The van der Waals surface area contributed by atoms with Crippen LogP contribution in [0.4, 0.5) is 4.39 Å². The lowest BCUT2D eigenvalue weighted by molar-refractivity contribution is 0.0751. The maximum absolute atomic E-state index is 13.7. The van der Waals surface area contributed by atoms with Crippen LogP contribution in [0.15, 0.2) is 24.3 Å². The fraction of sp³-hybridized carbons (Fsp3) is 0.625. The molecule has 1 aromatic carbocycles. The molecule has 2 rings (SSSR count). The minimum absolute atomic E-state index is 0.0197. The summed E-state index contributed by atoms with van der Waals surface area (Å²) in [7, 11) is 0. The van der Waals surface area contributed by atoms with E-state index in [1.807, 2.05) is 6.92 Å². The molecular weight excluding hydrogens is 241 g/mol. The first kappa shape index (κ1) is 14.5. The predicted octanol–water partition coefficient (Wildman–Crippen LogP) is 3.27. The highest BCUT2D eigenvalue weighted by molar-refractivity contribution is 5.20. The fourth-order valence-corrected chi connectivity index (χ4v) is 3.02. The molecule has 0 saturated carbocycles. The van der Waals surface area contributed by atoms with Crippen LogP contribution in [-0.4, -0.2) is 17.7 Å². The number of halogens is 1. The molecule has 1 aliphatic heterocycles. The summed E-state index contributed by atoms with van der Waals surface area (Å²) in [6, 6.07) is 6.79. The van der Waals surface area contributed by atoms with Crippen LogP contribution in [-0.2, 0) is 0 Å². The second-order valence-corrected chi connectivity index (χ2v) is 5.68. The molecule has 2 nitrogen and oxygen atoms in total. The van der Waals surface area contributed by atoms with Crippen LogP contribution < -0.4 is 5.32 Å². The van der Waals surface area contributed by atoms with Crippen molar-refractivity contribution in [3.8, 4) is 0 Å². The van der Waals surface area contributed by atoms with Gasteiger partial charge in [0.25, 0.3) is 0 Å². The Morgan fingerprint density at radius 1 is 1.42 bits per heavy atom. The second-order valence-electron chi connectivity index (χ2n) is 5.68. The van der Waals surface area contributed by atoms with Gasteiger partial charge in [-0.25, -0.2) is 4.39 Å². The molecule has 1 aromatic rings. The topological polar surface area (TPSA) is 32.3 Å². The van der Waals surface area contributed by atoms with E-state index < -0.39 is 6.10 Å². The smallest absolute Gasteiger partial charge is 0.129 e. The van der Waals surface area contributed by atoms with E-state index in [1.165, 1.54) is 18.9 Å². The summed E-state index contributed by atoms with van der Waals surface area (Å²) in [6.45, 7) is 5.22. The minimum atomic E-state index is -0.741. The van der Waals surface area contributed by atoms with Crippen LogP contribution in [0.2, 0.25) is 0 Å². The Balaban J connectivity index is 2.06. The van der Waals surface area contributed by atoms with Gasteiger partial charge in [0.1, 0.15) is 5.82 Å². The van der Waals surface area contributed by atoms with Gasteiger partial charge in [-0.3, -0.25) is 0 Å². The molecule has 4 atom stereocenters. The Labute approximate surface area is 115 Å². The molecule has 0 bridgehead atoms. The number of aliphatic hydroxyl groups is 1. The lowest BCUT2D eigenvalue weighted by Gasteiger charge is -2.36. The highest BCUT2D eigenvalue weighted by Crippen LogP contribution is 2.31. The van der Waals surface area contributed by atoms with E-state index in [2.05, 4.69) is 12.2 Å². The number of aliphatic hydroxyl groups excluding tert-OH is 1. The lowest BCUT2D eigenvalue weighted by atomic mass is 9.81. The monoisotopic (exact) mass is 265 g/mol. The quantitative estimate of drug-likeness (QED) is 0.875. The van der Waals surface area contributed by atoms with E-state index in [9.17, 15) is 9.50 Å². The Morgan fingerprint density at radius 3 is 2.84 bits per heavy atom. The molecule has 1 fully saturated rings. The van der Waals surface area contributed by atoms with Crippen molar-refractivity contribution >= 4 is 0 Å². The highest BCUT2D eigenvalue weighted by Gasteiger charge is 2.30. The van der Waals surface area contributed by atoms with E-state index in [4.69, 9.17) is 0 Å². The van der Waals surface area contributed by atoms with E-state index in [1.54, 1.807) is 18.2 Å². The molecule has 0 radical (unpaired) electrons. The van der Waals surface area contributed by atoms with Crippen LogP contribution in [0.3, 0.4) is 0 Å². The molecule has 3 heteroatoms. The van der Waals surface area contributed by atoms with Crippen molar-refractivity contribution in [1.29, 1.82) is 0 Å². The third-order valence-electron chi connectivity index (χ3n) is 4.48. The van der Waals surface area contributed by atoms with Crippen LogP contribution >= 0.6 is 0 Å². The summed E-state index contributed by atoms with van der Waals surface area (Å²) in [5, 5.41) is 13.9. The number of nitrogens with one attached hydrogen (secondary N) is 1. The van der Waals surface area contributed by atoms with Crippen molar-refractivity contribution in [2.45, 2.75) is 45.3 Å². The van der Waals surface area contributed by atoms with Crippen molar-refractivity contribution in [2.24, 2.45) is 11.8 Å². The number of benzene rings is 1. The normalized spacial score (nSPS) is 26.9. The van der Waals surface area contributed by atoms with Gasteiger partial charge >= 0.3 is 0 Å². The SMILES string of the molecule is CCC1CCNC(C(C)C(O)c2ccccc2F)C1. The standard InChI is InChI=1S/C16H24FNO/c1-3-12-8-9-18-15(10-12)11(2)16(19)13-6-4-5-7-14(13)17/h4-7,11-12,15-16,18-19H,3,8-10H2,1-2H3. The average Bonchev–Trinajstić information content (AvgIpc) is 2.46. The average molecular weight is 265 g/mol. The summed E-state index contributed by atoms with van der Waals surface area (Å²) in [4.78, 5) is 0. The number of piperidine rings is 1. The molecule has 2 N–H and O–H groups in total. The first-order valence-electron chi connectivity index (χ1n) is 7.29. The van der Waals surface area contributed by atoms with Gasteiger partial charge in [0.05, 0.1) is 6.10 Å². The molecule has 0 spiro atoms. The molecule has 19 heavy (non-hydrogen) atoms. The summed E-state index contributed by atoms with van der Waals surface area (Å²) in [6.07, 6.45) is 2.72. The van der Waals surface area contributed by atoms with Crippen molar-refractivity contribution in [3.63, 3.8) is 0 Å². The van der Waals surface area contributed by atoms with Crippen LogP contribution in [0.25, 0.3) is 0 Å². The van der Waals surface area contributed by atoms with Crippen molar-refractivity contribution in [2.75, 3.05) is 6.54 Å². The van der Waals surface area contributed by atoms with E-state index in [0.29, 0.717) is 5.56 Å². The van der Waals surface area contributed by atoms with Crippen molar-refractivity contribution < 1.29 is 9.50 Å². The van der Waals surface area contributed by atoms with Crippen LogP contribution in [0.1, 0.15) is 44.8 Å². The van der Waals surface area contributed by atoms with Gasteiger partial charge in [-0.05, 0) is 31.4 Å². The lowest BCUT2D eigenvalue weighted by Crippen LogP contribution is -2.44. The second kappa shape index (κ2) is 6.49. The van der Waals surface area contributed by atoms with E-state index >= 15 is 0 Å². The molecule has 4 unspecified atom stereocenters. The summed E-state index contributed by atoms with van der Waals surface area (Å²) in [5.41, 5.74) is 0.412. The third kappa shape index (κ3) is 3.34. The largest absolute Gasteiger partial charge is 0.388 e. The molecular formula is C16H24FNO. The van der Waals surface area contributed by atoms with Gasteiger partial charge < -0.3 is 10.4 Å². The van der Waals surface area contributed by atoms with Gasteiger partial charge in [-0.2, -0.15) is 0 Å². The number of hydrogen-bond acceptors (Lipinski definition) is 2. The molecule has 0 aliphatic carbocycles. The zero-order chi connectivity index (χ0) is 13.8. The van der Waals surface area contributed by atoms with Gasteiger partial charge in [0, 0.05) is 17.5 Å². The van der Waals surface area contributed by atoms with Crippen LogP contribution in [0.5, 0.6) is 0 Å². The maximum atomic E-state index is 13.7. The number of hydrogen-bond donors (Lipinski definition) is 2. The summed E-state index contributed by atoms with van der Waals surface area (Å²) >= 11 is 0. The Morgan fingerprint density at radius 2 is 2.16 bits per heavy atom. The van der Waals surface area contributed by atoms with Gasteiger partial charge in [-0.15, -0.1) is 0 Å². The molecule has 1 heterocycles. The zero-order valence-corrected chi connectivity index (χ0v) is 11.8. The minimum Gasteiger partial charge on any atom is -0.388 e. The summed E-state index contributed by atoms with van der Waals surface area (Å²) < 4.78 is 13.7. The molecule has 0 amide bonds. The van der Waals surface area contributed by atoms with E-state index in [0.717, 1.165) is 18.9 Å².